The maximum atomic E-state index is 5.19. The van der Waals surface area contributed by atoms with Crippen LogP contribution in [0, 0.1) is 0 Å². The van der Waals surface area contributed by atoms with Crippen molar-refractivity contribution in [1.82, 2.24) is 10.1 Å². The maximum Gasteiger partial charge on any atom is 0.142 e. The maximum absolute atomic E-state index is 5.19. The van der Waals surface area contributed by atoms with Crippen LogP contribution in [0.25, 0.3) is 0 Å². The molecule has 1 saturated carbocycles. The van der Waals surface area contributed by atoms with Gasteiger partial charge >= 0.3 is 0 Å². The summed E-state index contributed by atoms with van der Waals surface area (Å²) in [7, 11) is 2.20. The molecule has 2 bridgehead atoms. The van der Waals surface area contributed by atoms with E-state index in [1.807, 2.05) is 6.07 Å². The lowest BCUT2D eigenvalue weighted by Gasteiger charge is -2.44. The molecule has 12 heavy (non-hydrogen) atoms. The quantitative estimate of drug-likeness (QED) is 0.625. The Bertz CT molecular complexity index is 271. The first-order valence-electron chi connectivity index (χ1n) is 4.50. The van der Waals surface area contributed by atoms with Crippen LogP contribution in [0.2, 0.25) is 0 Å². The number of hydrogen-bond donors (Lipinski definition) is 0. The van der Waals surface area contributed by atoms with Crippen molar-refractivity contribution in [2.75, 3.05) is 7.05 Å². The number of rotatable bonds is 1. The van der Waals surface area contributed by atoms with Crippen molar-refractivity contribution < 1.29 is 4.52 Å². The largest absolute Gasteiger partial charge is 0.361 e. The van der Waals surface area contributed by atoms with Crippen molar-refractivity contribution in [1.29, 1.82) is 0 Å². The Kier molecular flexibility index (Phi) is 1.17. The monoisotopic (exact) mass is 164 g/mol. The molecule has 64 valence electrons. The van der Waals surface area contributed by atoms with E-state index in [-0.39, 0.29) is 0 Å². The second-order valence-corrected chi connectivity index (χ2v) is 3.82. The van der Waals surface area contributed by atoms with Crippen molar-refractivity contribution >= 4 is 0 Å². The topological polar surface area (TPSA) is 29.3 Å². The van der Waals surface area contributed by atoms with E-state index >= 15 is 0 Å². The highest BCUT2D eigenvalue weighted by atomic mass is 16.5. The number of likely N-dealkylation sites (N-methyl/N-ethyl adjacent to an activating group) is 1. The van der Waals surface area contributed by atoms with Crippen LogP contribution in [0.3, 0.4) is 0 Å². The minimum atomic E-state index is 0.637. The summed E-state index contributed by atoms with van der Waals surface area (Å²) in [5.41, 5.74) is 0. The second kappa shape index (κ2) is 2.10. The molecule has 4 rings (SSSR count). The molecule has 1 aliphatic carbocycles. The molecule has 2 saturated heterocycles. The van der Waals surface area contributed by atoms with Gasteiger partial charge in [0.2, 0.25) is 0 Å². The summed E-state index contributed by atoms with van der Waals surface area (Å²) in [5.74, 6) is 1.72. The van der Waals surface area contributed by atoms with Crippen molar-refractivity contribution in [2.45, 2.75) is 30.8 Å². The van der Waals surface area contributed by atoms with E-state index in [2.05, 4.69) is 17.1 Å². The smallest absolute Gasteiger partial charge is 0.142 e. The lowest BCUT2D eigenvalue weighted by molar-refractivity contribution is 0.0618. The van der Waals surface area contributed by atoms with Gasteiger partial charge in [0.05, 0.1) is 12.1 Å². The molecule has 0 aromatic carbocycles. The zero-order valence-electron chi connectivity index (χ0n) is 7.10. The molecule has 0 radical (unpaired) electrons. The van der Waals surface area contributed by atoms with Crippen LogP contribution in [-0.2, 0) is 0 Å². The Morgan fingerprint density at radius 2 is 2.25 bits per heavy atom. The van der Waals surface area contributed by atoms with Crippen molar-refractivity contribution in [2.24, 2.45) is 0 Å². The number of fused-ring (bicyclic) bond motifs is 1. The van der Waals surface area contributed by atoms with E-state index in [4.69, 9.17) is 4.52 Å². The third-order valence-electron chi connectivity index (χ3n) is 3.42. The summed E-state index contributed by atoms with van der Waals surface area (Å²) < 4.78 is 5.19. The summed E-state index contributed by atoms with van der Waals surface area (Å²) in [4.78, 5) is 2.45. The minimum Gasteiger partial charge on any atom is -0.361 e. The van der Waals surface area contributed by atoms with Gasteiger partial charge in [0.1, 0.15) is 5.76 Å². The van der Waals surface area contributed by atoms with Gasteiger partial charge in [-0.2, -0.15) is 0 Å². The molecule has 2 aliphatic heterocycles. The highest BCUT2D eigenvalue weighted by Crippen LogP contribution is 2.49. The highest BCUT2D eigenvalue weighted by molar-refractivity contribution is 5.21. The average Bonchev–Trinajstić information content (AvgIpc) is 2.76. The van der Waals surface area contributed by atoms with Gasteiger partial charge in [0, 0.05) is 18.2 Å². The third kappa shape index (κ3) is 0.630. The fraction of sp³-hybridized carbons (Fsp3) is 0.667. The predicted molar refractivity (Wildman–Crippen MR) is 43.8 cm³/mol. The normalized spacial score (nSPS) is 39.9. The molecule has 3 fully saturated rings. The summed E-state index contributed by atoms with van der Waals surface area (Å²) in [6.07, 6.45) is 4.39. The minimum absolute atomic E-state index is 0.637. The van der Waals surface area contributed by atoms with Gasteiger partial charge in [-0.15, -0.1) is 0 Å². The molecule has 3 aliphatic rings. The van der Waals surface area contributed by atoms with E-state index in [9.17, 15) is 0 Å². The number of nitrogens with zero attached hydrogens (tertiary/aromatic N) is 2. The molecule has 0 spiro atoms. The van der Waals surface area contributed by atoms with E-state index in [0.717, 1.165) is 17.8 Å². The zero-order valence-corrected chi connectivity index (χ0v) is 7.10. The number of aromatic nitrogens is 1. The Hall–Kier alpha value is -0.830. The van der Waals surface area contributed by atoms with Crippen molar-refractivity contribution in [3.8, 4) is 0 Å². The lowest BCUT2D eigenvalue weighted by atomic mass is 9.86. The summed E-state index contributed by atoms with van der Waals surface area (Å²) in [6.45, 7) is 0. The molecule has 0 amide bonds. The van der Waals surface area contributed by atoms with Crippen LogP contribution < -0.4 is 0 Å². The van der Waals surface area contributed by atoms with Gasteiger partial charge in [0.15, 0.2) is 0 Å². The van der Waals surface area contributed by atoms with Gasteiger partial charge in [-0.1, -0.05) is 5.16 Å². The highest BCUT2D eigenvalue weighted by Gasteiger charge is 2.53. The first-order chi connectivity index (χ1) is 5.88. The predicted octanol–water partition coefficient (Wildman–Crippen LogP) is 1.23. The molecule has 1 aromatic rings. The lowest BCUT2D eigenvalue weighted by Crippen LogP contribution is -2.52. The standard InChI is InChI=1S/C9H12N2O/c1-11-6-2-3-7(11)9(6)8-4-5-10-12-8/h4-7,9H,2-3H2,1H3/t6-,7+,9?. The zero-order chi connectivity index (χ0) is 8.13. The molecule has 3 atom stereocenters. The van der Waals surface area contributed by atoms with Gasteiger partial charge in [0.25, 0.3) is 0 Å². The average molecular weight is 164 g/mol. The van der Waals surface area contributed by atoms with Gasteiger partial charge in [-0.05, 0) is 19.9 Å². The SMILES string of the molecule is CN1[C@@H]2CC[C@H]1C2c1ccno1. The fourth-order valence-electron chi connectivity index (χ4n) is 2.79. The summed E-state index contributed by atoms with van der Waals surface area (Å²) in [5, 5.41) is 3.75. The fourth-order valence-corrected chi connectivity index (χ4v) is 2.79. The first kappa shape index (κ1) is 6.66. The molecule has 1 aromatic heterocycles. The van der Waals surface area contributed by atoms with Gasteiger partial charge < -0.3 is 4.52 Å². The Balaban J connectivity index is 1.90. The molecule has 0 N–H and O–H groups in total. The van der Waals surface area contributed by atoms with Crippen LogP contribution in [-0.4, -0.2) is 29.2 Å². The van der Waals surface area contributed by atoms with Crippen molar-refractivity contribution in [3.05, 3.63) is 18.0 Å². The summed E-state index contributed by atoms with van der Waals surface area (Å²) >= 11 is 0. The van der Waals surface area contributed by atoms with Crippen LogP contribution in [0.4, 0.5) is 0 Å². The van der Waals surface area contributed by atoms with Gasteiger partial charge in [-0.25, -0.2) is 0 Å². The molecule has 3 nitrogen and oxygen atoms in total. The van der Waals surface area contributed by atoms with E-state index in [0.29, 0.717) is 5.92 Å². The van der Waals surface area contributed by atoms with E-state index in [1.54, 1.807) is 6.20 Å². The van der Waals surface area contributed by atoms with Crippen LogP contribution in [0.1, 0.15) is 24.5 Å². The van der Waals surface area contributed by atoms with E-state index < -0.39 is 0 Å². The number of hydrogen-bond acceptors (Lipinski definition) is 3. The molecule has 3 heterocycles. The Morgan fingerprint density at radius 1 is 1.50 bits per heavy atom. The molecule has 3 heteroatoms. The van der Waals surface area contributed by atoms with Crippen LogP contribution in [0.5, 0.6) is 0 Å². The second-order valence-electron chi connectivity index (χ2n) is 3.82. The van der Waals surface area contributed by atoms with Crippen LogP contribution in [0.15, 0.2) is 16.8 Å². The summed E-state index contributed by atoms with van der Waals surface area (Å²) in [6, 6.07) is 3.45. The molecular weight excluding hydrogens is 152 g/mol. The van der Waals surface area contributed by atoms with Crippen molar-refractivity contribution in [3.63, 3.8) is 0 Å². The van der Waals surface area contributed by atoms with Gasteiger partial charge in [-0.3, -0.25) is 4.90 Å². The van der Waals surface area contributed by atoms with Crippen LogP contribution >= 0.6 is 0 Å². The molecular formula is C9H12N2O. The first-order valence-corrected chi connectivity index (χ1v) is 4.50. The Labute approximate surface area is 71.3 Å². The third-order valence-corrected chi connectivity index (χ3v) is 3.42. The van der Waals surface area contributed by atoms with E-state index in [1.165, 1.54) is 12.8 Å². The molecule has 1 unspecified atom stereocenters. The Morgan fingerprint density at radius 3 is 2.75 bits per heavy atom.